The minimum atomic E-state index is -0.322. The van der Waals surface area contributed by atoms with Gasteiger partial charge in [-0.15, -0.1) is 0 Å². The van der Waals surface area contributed by atoms with E-state index in [9.17, 15) is 4.79 Å². The minimum absolute atomic E-state index is 0.106. The van der Waals surface area contributed by atoms with Crippen LogP contribution in [0.5, 0.6) is 5.75 Å². The first-order valence-corrected chi connectivity index (χ1v) is 7.62. The van der Waals surface area contributed by atoms with Crippen LogP contribution in [0.3, 0.4) is 0 Å². The van der Waals surface area contributed by atoms with Crippen molar-refractivity contribution in [1.82, 2.24) is 5.43 Å². The summed E-state index contributed by atoms with van der Waals surface area (Å²) in [7, 11) is 0. The molecule has 0 saturated carbocycles. The molecular formula is C18H19ClN2O2. The van der Waals surface area contributed by atoms with Crippen molar-refractivity contribution in [2.24, 2.45) is 5.10 Å². The quantitative estimate of drug-likeness (QED) is 0.669. The topological polar surface area (TPSA) is 50.7 Å². The Kier molecular flexibility index (Phi) is 5.77. The van der Waals surface area contributed by atoms with E-state index in [4.69, 9.17) is 16.3 Å². The molecule has 0 fully saturated rings. The zero-order valence-electron chi connectivity index (χ0n) is 13.4. The van der Waals surface area contributed by atoms with E-state index in [0.717, 1.165) is 11.1 Å². The second kappa shape index (κ2) is 7.79. The molecule has 0 aliphatic heterocycles. The zero-order valence-corrected chi connectivity index (χ0v) is 14.1. The van der Waals surface area contributed by atoms with Gasteiger partial charge in [0.1, 0.15) is 5.75 Å². The predicted octanol–water partition coefficient (Wildman–Crippen LogP) is 3.79. The average molecular weight is 331 g/mol. The van der Waals surface area contributed by atoms with Crippen molar-refractivity contribution in [1.29, 1.82) is 0 Å². The van der Waals surface area contributed by atoms with Crippen LogP contribution in [0.15, 0.2) is 41.5 Å². The van der Waals surface area contributed by atoms with Crippen molar-refractivity contribution in [2.45, 2.75) is 20.8 Å². The fraction of sp³-hybridized carbons (Fsp3) is 0.222. The van der Waals surface area contributed by atoms with Gasteiger partial charge in [0.05, 0.1) is 6.21 Å². The number of amides is 1. The molecule has 0 aliphatic rings. The molecular weight excluding hydrogens is 312 g/mol. The third-order valence-electron chi connectivity index (χ3n) is 3.68. The van der Waals surface area contributed by atoms with Crippen molar-refractivity contribution < 1.29 is 9.53 Å². The summed E-state index contributed by atoms with van der Waals surface area (Å²) in [5.41, 5.74) is 7.05. The van der Waals surface area contributed by atoms with E-state index < -0.39 is 0 Å². The first-order chi connectivity index (χ1) is 11.0. The van der Waals surface area contributed by atoms with Crippen molar-refractivity contribution >= 4 is 23.7 Å². The number of nitrogens with zero attached hydrogens (tertiary/aromatic N) is 1. The lowest BCUT2D eigenvalue weighted by atomic mass is 10.00. The molecule has 0 unspecified atom stereocenters. The van der Waals surface area contributed by atoms with Gasteiger partial charge >= 0.3 is 0 Å². The molecule has 4 nitrogen and oxygen atoms in total. The van der Waals surface area contributed by atoms with E-state index in [1.165, 1.54) is 11.1 Å². The molecule has 2 aromatic carbocycles. The molecule has 2 rings (SSSR count). The number of ether oxygens (including phenoxy) is 1. The van der Waals surface area contributed by atoms with Crippen molar-refractivity contribution in [3.8, 4) is 5.75 Å². The fourth-order valence-corrected chi connectivity index (χ4v) is 2.13. The third-order valence-corrected chi connectivity index (χ3v) is 3.93. The Labute approximate surface area is 141 Å². The van der Waals surface area contributed by atoms with Crippen molar-refractivity contribution in [3.63, 3.8) is 0 Å². The van der Waals surface area contributed by atoms with Gasteiger partial charge < -0.3 is 4.74 Å². The van der Waals surface area contributed by atoms with Crippen LogP contribution < -0.4 is 10.2 Å². The molecule has 23 heavy (non-hydrogen) atoms. The summed E-state index contributed by atoms with van der Waals surface area (Å²) in [6.07, 6.45) is 1.64. The molecule has 0 heterocycles. The smallest absolute Gasteiger partial charge is 0.277 e. The first-order valence-electron chi connectivity index (χ1n) is 7.24. The highest BCUT2D eigenvalue weighted by Crippen LogP contribution is 2.16. The van der Waals surface area contributed by atoms with Gasteiger partial charge in [-0.1, -0.05) is 23.7 Å². The van der Waals surface area contributed by atoms with E-state index >= 15 is 0 Å². The van der Waals surface area contributed by atoms with E-state index in [1.54, 1.807) is 30.5 Å². The maximum absolute atomic E-state index is 11.7. The number of nitrogens with one attached hydrogen (secondary N) is 1. The van der Waals surface area contributed by atoms with E-state index in [2.05, 4.69) is 24.4 Å². The summed E-state index contributed by atoms with van der Waals surface area (Å²) in [6, 6.07) is 10.8. The number of carbonyl (C=O) groups excluding carboxylic acids is 1. The maximum Gasteiger partial charge on any atom is 0.277 e. The summed E-state index contributed by atoms with van der Waals surface area (Å²) >= 11 is 5.78. The Hall–Kier alpha value is -2.33. The van der Waals surface area contributed by atoms with Crippen LogP contribution >= 0.6 is 11.6 Å². The summed E-state index contributed by atoms with van der Waals surface area (Å²) < 4.78 is 5.34. The number of hydrogen-bond donors (Lipinski definition) is 1. The number of rotatable bonds is 5. The summed E-state index contributed by atoms with van der Waals surface area (Å²) in [5.74, 6) is 0.260. The molecule has 0 atom stereocenters. The number of aryl methyl sites for hydroxylation is 1. The third kappa shape index (κ3) is 4.83. The monoisotopic (exact) mass is 330 g/mol. The van der Waals surface area contributed by atoms with Gasteiger partial charge in [0.25, 0.3) is 5.91 Å². The highest BCUT2D eigenvalue weighted by Gasteiger charge is 2.03. The lowest BCUT2D eigenvalue weighted by molar-refractivity contribution is -0.123. The Bertz CT molecular complexity index is 725. The predicted molar refractivity (Wildman–Crippen MR) is 93.3 cm³/mol. The molecule has 0 aliphatic carbocycles. The van der Waals surface area contributed by atoms with E-state index in [-0.39, 0.29) is 12.5 Å². The van der Waals surface area contributed by atoms with Gasteiger partial charge in [-0.3, -0.25) is 4.79 Å². The normalized spacial score (nSPS) is 10.8. The van der Waals surface area contributed by atoms with Crippen LogP contribution in [0.2, 0.25) is 5.02 Å². The SMILES string of the molecule is Cc1ccc(C=NNC(=O)COc2ccc(Cl)cc2)c(C)c1C. The molecule has 5 heteroatoms. The highest BCUT2D eigenvalue weighted by atomic mass is 35.5. The highest BCUT2D eigenvalue weighted by molar-refractivity contribution is 6.30. The van der Waals surface area contributed by atoms with Crippen LogP contribution in [-0.2, 0) is 4.79 Å². The number of halogens is 1. The number of benzene rings is 2. The van der Waals surface area contributed by atoms with E-state index in [1.807, 2.05) is 19.1 Å². The van der Waals surface area contributed by atoms with Gasteiger partial charge in [0.2, 0.25) is 0 Å². The van der Waals surface area contributed by atoms with Gasteiger partial charge in [0, 0.05) is 5.02 Å². The lowest BCUT2D eigenvalue weighted by Crippen LogP contribution is -2.24. The molecule has 120 valence electrons. The molecule has 1 amide bonds. The Morgan fingerprint density at radius 3 is 2.52 bits per heavy atom. The molecule has 0 bridgehead atoms. The average Bonchev–Trinajstić information content (AvgIpc) is 2.54. The van der Waals surface area contributed by atoms with Crippen LogP contribution in [0.1, 0.15) is 22.3 Å². The Morgan fingerprint density at radius 2 is 1.83 bits per heavy atom. The van der Waals surface area contributed by atoms with Gasteiger partial charge in [-0.25, -0.2) is 5.43 Å². The second-order valence-corrected chi connectivity index (χ2v) is 5.69. The second-order valence-electron chi connectivity index (χ2n) is 5.26. The molecule has 0 spiro atoms. The van der Waals surface area contributed by atoms with Crippen LogP contribution in [0.25, 0.3) is 0 Å². The van der Waals surface area contributed by atoms with Crippen LogP contribution in [0.4, 0.5) is 0 Å². The van der Waals surface area contributed by atoms with Gasteiger partial charge in [-0.05, 0) is 67.3 Å². The van der Waals surface area contributed by atoms with Crippen molar-refractivity contribution in [3.05, 3.63) is 63.7 Å². The maximum atomic E-state index is 11.7. The van der Waals surface area contributed by atoms with Crippen LogP contribution in [-0.4, -0.2) is 18.7 Å². The van der Waals surface area contributed by atoms with Gasteiger partial charge in [-0.2, -0.15) is 5.10 Å². The Balaban J connectivity index is 1.86. The van der Waals surface area contributed by atoms with E-state index in [0.29, 0.717) is 10.8 Å². The Morgan fingerprint density at radius 1 is 1.13 bits per heavy atom. The molecule has 0 radical (unpaired) electrons. The molecule has 2 aromatic rings. The summed E-state index contributed by atoms with van der Waals surface area (Å²) in [6.45, 7) is 6.07. The summed E-state index contributed by atoms with van der Waals surface area (Å²) in [5, 5.41) is 4.59. The fourth-order valence-electron chi connectivity index (χ4n) is 2.00. The molecule has 0 saturated heterocycles. The standard InChI is InChI=1S/C18H19ClN2O2/c1-12-4-5-15(14(3)13(12)2)10-20-21-18(22)11-23-17-8-6-16(19)7-9-17/h4-10H,11H2,1-3H3,(H,21,22). The largest absolute Gasteiger partial charge is 0.484 e. The number of hydrazone groups is 1. The molecule has 0 aromatic heterocycles. The first kappa shape index (κ1) is 17.0. The molecule has 1 N–H and O–H groups in total. The van der Waals surface area contributed by atoms with Crippen molar-refractivity contribution in [2.75, 3.05) is 6.61 Å². The zero-order chi connectivity index (χ0) is 16.8. The number of carbonyl (C=O) groups is 1. The lowest BCUT2D eigenvalue weighted by Gasteiger charge is -2.07. The van der Waals surface area contributed by atoms with Gasteiger partial charge in [0.15, 0.2) is 6.61 Å². The van der Waals surface area contributed by atoms with Crippen LogP contribution in [0, 0.1) is 20.8 Å². The summed E-state index contributed by atoms with van der Waals surface area (Å²) in [4.78, 5) is 11.7. The minimum Gasteiger partial charge on any atom is -0.484 e. The number of hydrogen-bond acceptors (Lipinski definition) is 3.